The molecule has 1 atom stereocenters. The van der Waals surface area contributed by atoms with Crippen molar-refractivity contribution < 1.29 is 19.1 Å². The van der Waals surface area contributed by atoms with Crippen molar-refractivity contribution in [3.8, 4) is 0 Å². The smallest absolute Gasteiger partial charge is 0.338 e. The molecule has 1 fully saturated rings. The molecule has 144 valence electrons. The predicted octanol–water partition coefficient (Wildman–Crippen LogP) is 3.06. The summed E-state index contributed by atoms with van der Waals surface area (Å²) in [4.78, 5) is 38.6. The van der Waals surface area contributed by atoms with Crippen molar-refractivity contribution in [3.63, 3.8) is 0 Å². The highest BCUT2D eigenvalue weighted by atomic mass is 35.5. The summed E-state index contributed by atoms with van der Waals surface area (Å²) in [5, 5.41) is 5.83. The third-order valence-corrected chi connectivity index (χ3v) is 5.17. The van der Waals surface area contributed by atoms with Gasteiger partial charge >= 0.3 is 5.97 Å². The van der Waals surface area contributed by atoms with E-state index in [4.69, 9.17) is 16.3 Å². The number of nitrogens with one attached hydrogen (secondary N) is 2. The van der Waals surface area contributed by atoms with Gasteiger partial charge in [0.2, 0.25) is 5.91 Å². The number of hydrogen-bond donors (Lipinski definition) is 2. The van der Waals surface area contributed by atoms with E-state index in [-0.39, 0.29) is 17.5 Å². The van der Waals surface area contributed by atoms with Crippen LogP contribution in [-0.4, -0.2) is 37.0 Å². The van der Waals surface area contributed by atoms with Crippen LogP contribution in [-0.2, 0) is 14.3 Å². The first-order chi connectivity index (χ1) is 13.5. The molecular weight excluding hydrogens is 382 g/mol. The van der Waals surface area contributed by atoms with Gasteiger partial charge in [-0.25, -0.2) is 4.79 Å². The molecule has 7 nitrogen and oxygen atoms in total. The second kappa shape index (κ2) is 7.52. The number of esters is 1. The zero-order valence-electron chi connectivity index (χ0n) is 14.9. The van der Waals surface area contributed by atoms with Gasteiger partial charge in [-0.2, -0.15) is 0 Å². The lowest BCUT2D eigenvalue weighted by atomic mass is 10.1. The Bertz CT molecular complexity index is 962. The van der Waals surface area contributed by atoms with E-state index in [1.165, 1.54) is 0 Å². The van der Waals surface area contributed by atoms with Crippen molar-refractivity contribution in [2.24, 2.45) is 0 Å². The number of fused-ring (bicyclic) bond motifs is 3. The Labute approximate surface area is 166 Å². The van der Waals surface area contributed by atoms with Gasteiger partial charge in [0.15, 0.2) is 6.61 Å². The fraction of sp³-hybridized carbons (Fsp3) is 0.250. The van der Waals surface area contributed by atoms with E-state index in [1.54, 1.807) is 42.5 Å². The van der Waals surface area contributed by atoms with E-state index in [0.29, 0.717) is 16.4 Å². The van der Waals surface area contributed by atoms with Crippen molar-refractivity contribution in [2.45, 2.75) is 18.9 Å². The van der Waals surface area contributed by atoms with Crippen LogP contribution in [0.1, 0.15) is 23.2 Å². The molecule has 2 aromatic rings. The molecular formula is C20H18ClN3O4. The van der Waals surface area contributed by atoms with Crippen molar-refractivity contribution >= 4 is 46.4 Å². The number of ether oxygens (including phenoxy) is 1. The van der Waals surface area contributed by atoms with E-state index < -0.39 is 18.5 Å². The minimum absolute atomic E-state index is 0.0605. The van der Waals surface area contributed by atoms with Gasteiger partial charge < -0.3 is 20.3 Å². The molecule has 2 N–H and O–H groups in total. The van der Waals surface area contributed by atoms with Crippen molar-refractivity contribution in [1.29, 1.82) is 0 Å². The van der Waals surface area contributed by atoms with Crippen LogP contribution in [0.25, 0.3) is 0 Å². The summed E-state index contributed by atoms with van der Waals surface area (Å²) in [6.07, 6.45) is 1.79. The molecule has 0 aliphatic carbocycles. The highest BCUT2D eigenvalue weighted by Gasteiger charge is 2.36. The number of carbonyl (C=O) groups is 3. The Morgan fingerprint density at radius 1 is 1.25 bits per heavy atom. The average molecular weight is 400 g/mol. The van der Waals surface area contributed by atoms with Gasteiger partial charge in [-0.05, 0) is 43.2 Å². The predicted molar refractivity (Wildman–Crippen MR) is 106 cm³/mol. The number of amides is 2. The fourth-order valence-corrected chi connectivity index (χ4v) is 3.70. The monoisotopic (exact) mass is 399 g/mol. The molecule has 0 spiro atoms. The highest BCUT2D eigenvalue weighted by Crippen LogP contribution is 2.37. The number of anilines is 3. The van der Waals surface area contributed by atoms with Gasteiger partial charge in [-0.3, -0.25) is 9.59 Å². The number of carbonyl (C=O) groups excluding carboxylic acids is 3. The maximum Gasteiger partial charge on any atom is 0.338 e. The number of benzene rings is 2. The van der Waals surface area contributed by atoms with Gasteiger partial charge in [0.1, 0.15) is 6.04 Å². The topological polar surface area (TPSA) is 87.7 Å². The number of hydrogen-bond acceptors (Lipinski definition) is 5. The Morgan fingerprint density at radius 2 is 2.07 bits per heavy atom. The maximum absolute atomic E-state index is 12.3. The van der Waals surface area contributed by atoms with E-state index in [2.05, 4.69) is 15.5 Å². The van der Waals surface area contributed by atoms with Crippen LogP contribution in [0, 0.1) is 0 Å². The molecule has 0 radical (unpaired) electrons. The van der Waals surface area contributed by atoms with Crippen molar-refractivity contribution in [2.75, 3.05) is 28.7 Å². The summed E-state index contributed by atoms with van der Waals surface area (Å²) in [7, 11) is 0. The summed E-state index contributed by atoms with van der Waals surface area (Å²) < 4.78 is 5.09. The molecule has 28 heavy (non-hydrogen) atoms. The second-order valence-corrected chi connectivity index (χ2v) is 7.08. The molecule has 2 aromatic carbocycles. The zero-order chi connectivity index (χ0) is 19.7. The van der Waals surface area contributed by atoms with Gasteiger partial charge in [0.25, 0.3) is 5.91 Å². The van der Waals surface area contributed by atoms with Crippen LogP contribution < -0.4 is 15.5 Å². The molecule has 2 aliphatic heterocycles. The second-order valence-electron chi connectivity index (χ2n) is 6.68. The molecule has 2 aliphatic rings. The number of para-hydroxylation sites is 1. The third-order valence-electron chi connectivity index (χ3n) is 4.84. The Hall–Kier alpha value is -3.06. The van der Waals surface area contributed by atoms with E-state index >= 15 is 0 Å². The maximum atomic E-state index is 12.3. The van der Waals surface area contributed by atoms with Crippen LogP contribution in [0.3, 0.4) is 0 Å². The van der Waals surface area contributed by atoms with Crippen LogP contribution in [0.2, 0.25) is 5.02 Å². The molecule has 0 aromatic heterocycles. The summed E-state index contributed by atoms with van der Waals surface area (Å²) in [5.74, 6) is -1.20. The average Bonchev–Trinajstić information content (AvgIpc) is 3.18. The van der Waals surface area contributed by atoms with E-state index in [1.807, 2.05) is 0 Å². The van der Waals surface area contributed by atoms with Crippen LogP contribution >= 0.6 is 11.6 Å². The number of nitrogens with zero attached hydrogens (tertiary/aromatic N) is 1. The Balaban J connectivity index is 1.40. The molecule has 0 saturated carbocycles. The van der Waals surface area contributed by atoms with Gasteiger partial charge in [0, 0.05) is 6.54 Å². The molecule has 4 rings (SSSR count). The minimum Gasteiger partial charge on any atom is -0.452 e. The Morgan fingerprint density at radius 3 is 2.89 bits per heavy atom. The SMILES string of the molecule is O=C(COC(=O)c1ccc2c(c1)NC(=O)[C@@H]1CCCN21)Nc1ccccc1Cl. The molecule has 2 heterocycles. The first-order valence-electron chi connectivity index (χ1n) is 8.96. The molecule has 8 heteroatoms. The first-order valence-corrected chi connectivity index (χ1v) is 9.34. The van der Waals surface area contributed by atoms with Crippen LogP contribution in [0.4, 0.5) is 17.1 Å². The van der Waals surface area contributed by atoms with Crippen molar-refractivity contribution in [1.82, 2.24) is 0 Å². The quantitative estimate of drug-likeness (QED) is 0.771. The first kappa shape index (κ1) is 18.3. The molecule has 1 saturated heterocycles. The fourth-order valence-electron chi connectivity index (χ4n) is 3.52. The van der Waals surface area contributed by atoms with E-state index in [9.17, 15) is 14.4 Å². The molecule has 0 bridgehead atoms. The highest BCUT2D eigenvalue weighted by molar-refractivity contribution is 6.33. The standard InChI is InChI=1S/C20H18ClN3O4/c21-13-4-1-2-5-14(13)22-18(25)11-28-20(27)12-7-8-16-15(10-12)23-19(26)17-6-3-9-24(16)17/h1-2,4-5,7-8,10,17H,3,6,9,11H2,(H,22,25)(H,23,26)/t17-/m0/s1. The summed E-state index contributed by atoms with van der Waals surface area (Å²) in [6.45, 7) is 0.374. The summed E-state index contributed by atoms with van der Waals surface area (Å²) in [6, 6.07) is 11.7. The lowest BCUT2D eigenvalue weighted by Crippen LogP contribution is -2.43. The van der Waals surface area contributed by atoms with Gasteiger partial charge in [-0.1, -0.05) is 23.7 Å². The number of rotatable bonds is 4. The van der Waals surface area contributed by atoms with E-state index in [0.717, 1.165) is 25.1 Å². The van der Waals surface area contributed by atoms with Crippen LogP contribution in [0.5, 0.6) is 0 Å². The lowest BCUT2D eigenvalue weighted by Gasteiger charge is -2.33. The third kappa shape index (κ3) is 3.53. The van der Waals surface area contributed by atoms with Gasteiger partial charge in [-0.15, -0.1) is 0 Å². The van der Waals surface area contributed by atoms with Crippen LogP contribution in [0.15, 0.2) is 42.5 Å². The minimum atomic E-state index is -0.644. The zero-order valence-corrected chi connectivity index (χ0v) is 15.7. The van der Waals surface area contributed by atoms with Crippen molar-refractivity contribution in [3.05, 3.63) is 53.1 Å². The largest absolute Gasteiger partial charge is 0.452 e. The number of halogens is 1. The normalized spacial score (nSPS) is 17.4. The van der Waals surface area contributed by atoms with Gasteiger partial charge in [0.05, 0.1) is 27.6 Å². The Kier molecular flexibility index (Phi) is 4.92. The molecule has 2 amide bonds. The summed E-state index contributed by atoms with van der Waals surface area (Å²) >= 11 is 5.98. The lowest BCUT2D eigenvalue weighted by molar-refractivity contribution is -0.119. The summed E-state index contributed by atoms with van der Waals surface area (Å²) in [5.41, 5.74) is 2.19. The molecule has 0 unspecified atom stereocenters.